The molecule has 6 heteroatoms. The van der Waals surface area contributed by atoms with Crippen LogP contribution in [0.15, 0.2) is 36.4 Å². The van der Waals surface area contributed by atoms with E-state index in [1.54, 1.807) is 12.1 Å². The topological polar surface area (TPSA) is 56.8 Å². The molecule has 0 radical (unpaired) electrons. The molecule has 0 saturated carbocycles. The quantitative estimate of drug-likeness (QED) is 0.799. The Hall–Kier alpha value is -2.40. The molecule has 0 saturated heterocycles. The maximum atomic E-state index is 12.4. The minimum absolute atomic E-state index is 0.0607. The largest absolute Gasteiger partial charge is 0.486 e. The van der Waals surface area contributed by atoms with Crippen molar-refractivity contribution in [1.29, 1.82) is 0 Å². The molecule has 1 N–H and O–H groups in total. The van der Waals surface area contributed by atoms with Gasteiger partial charge in [0.05, 0.1) is 6.04 Å². The second kappa shape index (κ2) is 8.53. The zero-order chi connectivity index (χ0) is 19.4. The molecule has 1 atom stereocenters. The van der Waals surface area contributed by atoms with E-state index in [0.717, 1.165) is 16.9 Å². The molecule has 0 spiro atoms. The monoisotopic (exact) mass is 389 g/mol. The maximum Gasteiger partial charge on any atom is 0.258 e. The summed E-state index contributed by atoms with van der Waals surface area (Å²) in [5.74, 6) is 2.09. The molecule has 1 heterocycles. The van der Waals surface area contributed by atoms with Gasteiger partial charge in [0.2, 0.25) is 0 Å². The van der Waals surface area contributed by atoms with E-state index in [2.05, 4.69) is 19.2 Å². The van der Waals surface area contributed by atoms with E-state index in [1.807, 2.05) is 31.2 Å². The molecule has 144 valence electrons. The number of carbonyl (C=O) groups excluding carboxylic acids is 1. The lowest BCUT2D eigenvalue weighted by Gasteiger charge is -2.25. The highest BCUT2D eigenvalue weighted by molar-refractivity contribution is 6.31. The average Bonchev–Trinajstić information content (AvgIpc) is 2.66. The number of benzene rings is 2. The number of ether oxygens (including phenoxy) is 3. The lowest BCUT2D eigenvalue weighted by atomic mass is 9.95. The lowest BCUT2D eigenvalue weighted by molar-refractivity contribution is -0.124. The van der Waals surface area contributed by atoms with Gasteiger partial charge in [-0.15, -0.1) is 0 Å². The van der Waals surface area contributed by atoms with E-state index in [1.165, 1.54) is 0 Å². The first-order chi connectivity index (χ1) is 12.9. The van der Waals surface area contributed by atoms with Crippen molar-refractivity contribution in [1.82, 2.24) is 5.32 Å². The highest BCUT2D eigenvalue weighted by Crippen LogP contribution is 2.34. The molecule has 0 aromatic heterocycles. The molecule has 2 aromatic carbocycles. The highest BCUT2D eigenvalue weighted by atomic mass is 35.5. The zero-order valence-electron chi connectivity index (χ0n) is 15.8. The van der Waals surface area contributed by atoms with Crippen LogP contribution in [0.3, 0.4) is 0 Å². The first-order valence-corrected chi connectivity index (χ1v) is 9.39. The Morgan fingerprint density at radius 3 is 2.59 bits per heavy atom. The van der Waals surface area contributed by atoms with Gasteiger partial charge in [-0.25, -0.2) is 0 Å². The average molecular weight is 390 g/mol. The Morgan fingerprint density at radius 2 is 1.89 bits per heavy atom. The Balaban J connectivity index is 1.65. The van der Waals surface area contributed by atoms with Crippen LogP contribution in [0.2, 0.25) is 5.02 Å². The number of amides is 1. The maximum absolute atomic E-state index is 12.4. The van der Waals surface area contributed by atoms with E-state index < -0.39 is 0 Å². The number of nitrogens with one attached hydrogen (secondary N) is 1. The summed E-state index contributed by atoms with van der Waals surface area (Å²) in [5.41, 5.74) is 1.89. The molecular weight excluding hydrogens is 366 g/mol. The molecule has 0 unspecified atom stereocenters. The van der Waals surface area contributed by atoms with E-state index in [9.17, 15) is 4.79 Å². The van der Waals surface area contributed by atoms with Gasteiger partial charge in [-0.1, -0.05) is 31.5 Å². The van der Waals surface area contributed by atoms with Crippen LogP contribution in [0.25, 0.3) is 0 Å². The molecular formula is C21H24ClNO4. The number of hydrogen-bond donors (Lipinski definition) is 1. The van der Waals surface area contributed by atoms with Crippen molar-refractivity contribution in [3.63, 3.8) is 0 Å². The van der Waals surface area contributed by atoms with Gasteiger partial charge < -0.3 is 19.5 Å². The van der Waals surface area contributed by atoms with Crippen molar-refractivity contribution in [2.45, 2.75) is 26.8 Å². The first kappa shape index (κ1) is 19.4. The second-order valence-electron chi connectivity index (χ2n) is 6.89. The van der Waals surface area contributed by atoms with Crippen LogP contribution in [-0.2, 0) is 4.79 Å². The fraction of sp³-hybridized carbons (Fsp3) is 0.381. The number of carbonyl (C=O) groups is 1. The van der Waals surface area contributed by atoms with E-state index in [4.69, 9.17) is 25.8 Å². The number of rotatable bonds is 6. The van der Waals surface area contributed by atoms with E-state index in [0.29, 0.717) is 29.7 Å². The molecule has 0 aliphatic carbocycles. The summed E-state index contributed by atoms with van der Waals surface area (Å²) < 4.78 is 16.8. The van der Waals surface area contributed by atoms with Crippen molar-refractivity contribution in [3.8, 4) is 17.2 Å². The Morgan fingerprint density at radius 1 is 1.15 bits per heavy atom. The Labute approximate surface area is 164 Å². The molecule has 3 rings (SSSR count). The normalized spacial score (nSPS) is 14.0. The van der Waals surface area contributed by atoms with Crippen molar-refractivity contribution in [2.24, 2.45) is 5.92 Å². The van der Waals surface area contributed by atoms with E-state index in [-0.39, 0.29) is 24.5 Å². The third-order valence-electron chi connectivity index (χ3n) is 4.41. The summed E-state index contributed by atoms with van der Waals surface area (Å²) in [4.78, 5) is 12.4. The van der Waals surface area contributed by atoms with E-state index >= 15 is 0 Å². The van der Waals surface area contributed by atoms with Gasteiger partial charge in [0, 0.05) is 5.02 Å². The Kier molecular flexibility index (Phi) is 6.11. The molecule has 5 nitrogen and oxygen atoms in total. The second-order valence-corrected chi connectivity index (χ2v) is 7.30. The molecule has 27 heavy (non-hydrogen) atoms. The summed E-state index contributed by atoms with van der Waals surface area (Å²) in [6.07, 6.45) is 0. The number of aryl methyl sites for hydroxylation is 1. The van der Waals surface area contributed by atoms with Crippen LogP contribution in [0, 0.1) is 12.8 Å². The van der Waals surface area contributed by atoms with Crippen LogP contribution in [0.4, 0.5) is 0 Å². The third kappa shape index (κ3) is 4.86. The van der Waals surface area contributed by atoms with Gasteiger partial charge in [-0.05, 0) is 54.3 Å². The van der Waals surface area contributed by atoms with Crippen LogP contribution < -0.4 is 19.5 Å². The zero-order valence-corrected chi connectivity index (χ0v) is 16.5. The standard InChI is InChI=1S/C21H24ClNO4/c1-13(2)21(15-4-7-18-19(11-15)26-9-8-25-18)23-20(24)12-27-16-5-6-17(22)14(3)10-16/h4-7,10-11,13,21H,8-9,12H2,1-3H3,(H,23,24)/t21-/m1/s1. The van der Waals surface area contributed by atoms with Crippen LogP contribution in [0.5, 0.6) is 17.2 Å². The van der Waals surface area contributed by atoms with Gasteiger partial charge in [0.25, 0.3) is 5.91 Å². The van der Waals surface area contributed by atoms with Gasteiger partial charge >= 0.3 is 0 Å². The molecule has 2 aromatic rings. The van der Waals surface area contributed by atoms with Crippen molar-refractivity contribution < 1.29 is 19.0 Å². The number of hydrogen-bond acceptors (Lipinski definition) is 4. The minimum Gasteiger partial charge on any atom is -0.486 e. The molecule has 1 amide bonds. The number of fused-ring (bicyclic) bond motifs is 1. The fourth-order valence-corrected chi connectivity index (χ4v) is 3.08. The lowest BCUT2D eigenvalue weighted by Crippen LogP contribution is -2.35. The minimum atomic E-state index is -0.184. The predicted molar refractivity (Wildman–Crippen MR) is 105 cm³/mol. The van der Waals surface area contributed by atoms with Gasteiger partial charge in [-0.2, -0.15) is 0 Å². The molecule has 0 fully saturated rings. The van der Waals surface area contributed by atoms with Crippen LogP contribution >= 0.6 is 11.6 Å². The predicted octanol–water partition coefficient (Wildman–Crippen LogP) is 4.31. The molecule has 1 aliphatic rings. The molecule has 1 aliphatic heterocycles. The molecule has 0 bridgehead atoms. The highest BCUT2D eigenvalue weighted by Gasteiger charge is 2.21. The van der Waals surface area contributed by atoms with Crippen molar-refractivity contribution >= 4 is 17.5 Å². The summed E-state index contributed by atoms with van der Waals surface area (Å²) >= 11 is 6.01. The summed E-state index contributed by atoms with van der Waals surface area (Å²) in [6.45, 7) is 7.04. The third-order valence-corrected chi connectivity index (χ3v) is 4.83. The fourth-order valence-electron chi connectivity index (χ4n) is 2.96. The van der Waals surface area contributed by atoms with Crippen molar-refractivity contribution in [3.05, 3.63) is 52.5 Å². The van der Waals surface area contributed by atoms with Gasteiger partial charge in [-0.3, -0.25) is 4.79 Å². The summed E-state index contributed by atoms with van der Waals surface area (Å²) in [7, 11) is 0. The Bertz CT molecular complexity index is 822. The summed E-state index contributed by atoms with van der Waals surface area (Å²) in [5, 5.41) is 3.72. The van der Waals surface area contributed by atoms with Crippen molar-refractivity contribution in [2.75, 3.05) is 19.8 Å². The van der Waals surface area contributed by atoms with Crippen LogP contribution in [0.1, 0.15) is 31.0 Å². The first-order valence-electron chi connectivity index (χ1n) is 9.02. The van der Waals surface area contributed by atoms with Crippen LogP contribution in [-0.4, -0.2) is 25.7 Å². The summed E-state index contributed by atoms with van der Waals surface area (Å²) in [6, 6.07) is 11.0. The SMILES string of the molecule is Cc1cc(OCC(=O)N[C@@H](c2ccc3c(c2)OCCO3)C(C)C)ccc1Cl. The number of halogens is 1. The van der Waals surface area contributed by atoms with Gasteiger partial charge in [0.15, 0.2) is 18.1 Å². The van der Waals surface area contributed by atoms with Gasteiger partial charge in [0.1, 0.15) is 19.0 Å². The smallest absolute Gasteiger partial charge is 0.258 e.